The molecule has 0 bridgehead atoms. The summed E-state index contributed by atoms with van der Waals surface area (Å²) in [4.78, 5) is 27.3. The molecule has 1 N–H and O–H groups in total. The number of amides is 2. The average molecular weight is 490 g/mol. The predicted octanol–water partition coefficient (Wildman–Crippen LogP) is 3.99. The second-order valence-electron chi connectivity index (χ2n) is 8.90. The number of carbonyl (C=O) groups is 2. The third-order valence-electron chi connectivity index (χ3n) is 6.57. The summed E-state index contributed by atoms with van der Waals surface area (Å²) in [7, 11) is -2.51. The van der Waals surface area contributed by atoms with Gasteiger partial charge in [-0.2, -0.15) is 4.31 Å². The molecule has 2 aromatic rings. The largest absolute Gasteiger partial charge is 0.325 e. The minimum atomic E-state index is -3.89. The molecule has 1 heterocycles. The molecule has 7 nitrogen and oxygen atoms in total. The Morgan fingerprint density at radius 1 is 1.21 bits per heavy atom. The first-order valence-corrected chi connectivity index (χ1v) is 12.9. The number of hydrogen-bond acceptors (Lipinski definition) is 4. The molecule has 1 aliphatic heterocycles. The van der Waals surface area contributed by atoms with E-state index in [-0.39, 0.29) is 29.3 Å². The van der Waals surface area contributed by atoms with E-state index in [1.807, 2.05) is 11.8 Å². The number of benzene rings is 2. The number of rotatable bonds is 6. The first-order valence-electron chi connectivity index (χ1n) is 11.1. The summed E-state index contributed by atoms with van der Waals surface area (Å²) >= 11 is 6.09. The van der Waals surface area contributed by atoms with Crippen LogP contribution >= 0.6 is 11.6 Å². The van der Waals surface area contributed by atoms with Gasteiger partial charge in [-0.05, 0) is 74.6 Å². The lowest BCUT2D eigenvalue weighted by atomic mass is 9.84. The molecule has 33 heavy (non-hydrogen) atoms. The molecule has 176 valence electrons. The molecule has 9 heteroatoms. The number of carbonyl (C=O) groups excluding carboxylic acids is 2. The summed E-state index contributed by atoms with van der Waals surface area (Å²) in [6.45, 7) is 3.43. The lowest BCUT2D eigenvalue weighted by molar-refractivity contribution is -0.125. The van der Waals surface area contributed by atoms with Crippen LogP contribution in [0.3, 0.4) is 0 Å². The van der Waals surface area contributed by atoms with Crippen molar-refractivity contribution < 1.29 is 18.0 Å². The maximum absolute atomic E-state index is 13.1. The van der Waals surface area contributed by atoms with E-state index >= 15 is 0 Å². The fourth-order valence-corrected chi connectivity index (χ4v) is 5.71. The van der Waals surface area contributed by atoms with Crippen molar-refractivity contribution in [1.82, 2.24) is 4.31 Å². The minimum absolute atomic E-state index is 0.00417. The van der Waals surface area contributed by atoms with Gasteiger partial charge in [-0.3, -0.25) is 9.59 Å². The highest BCUT2D eigenvalue weighted by atomic mass is 35.5. The van der Waals surface area contributed by atoms with Crippen molar-refractivity contribution >= 4 is 44.8 Å². The zero-order chi connectivity index (χ0) is 23.9. The molecule has 1 aliphatic carbocycles. The van der Waals surface area contributed by atoms with Crippen molar-refractivity contribution in [2.45, 2.75) is 50.5 Å². The van der Waals surface area contributed by atoms with E-state index in [1.165, 1.54) is 13.1 Å². The van der Waals surface area contributed by atoms with Gasteiger partial charge >= 0.3 is 0 Å². The maximum Gasteiger partial charge on any atom is 0.243 e. The van der Waals surface area contributed by atoms with Crippen molar-refractivity contribution in [2.75, 3.05) is 23.8 Å². The van der Waals surface area contributed by atoms with Gasteiger partial charge in [-0.15, -0.1) is 0 Å². The quantitative estimate of drug-likeness (QED) is 0.664. The highest BCUT2D eigenvalue weighted by Gasteiger charge is 2.37. The van der Waals surface area contributed by atoms with Crippen LogP contribution in [0.15, 0.2) is 41.3 Å². The molecular weight excluding hydrogens is 462 g/mol. The molecule has 2 aromatic carbocycles. The van der Waals surface area contributed by atoms with Crippen molar-refractivity contribution in [2.24, 2.45) is 5.92 Å². The van der Waals surface area contributed by atoms with Crippen LogP contribution in [0.2, 0.25) is 5.02 Å². The smallest absolute Gasteiger partial charge is 0.243 e. The third-order valence-corrected chi connectivity index (χ3v) is 8.78. The van der Waals surface area contributed by atoms with Crippen molar-refractivity contribution in [1.29, 1.82) is 0 Å². The van der Waals surface area contributed by atoms with Gasteiger partial charge in [0.2, 0.25) is 21.8 Å². The topological polar surface area (TPSA) is 86.8 Å². The van der Waals surface area contributed by atoms with Gasteiger partial charge in [0.1, 0.15) is 0 Å². The van der Waals surface area contributed by atoms with Gasteiger partial charge in [0.25, 0.3) is 0 Å². The Hall–Kier alpha value is -2.42. The molecule has 0 spiro atoms. The van der Waals surface area contributed by atoms with Gasteiger partial charge in [-0.1, -0.05) is 24.1 Å². The van der Waals surface area contributed by atoms with Gasteiger partial charge in [0.05, 0.1) is 11.4 Å². The maximum atomic E-state index is 13.1. The number of anilines is 2. The molecule has 1 atom stereocenters. The predicted molar refractivity (Wildman–Crippen MR) is 129 cm³/mol. The number of likely N-dealkylation sites (N-methyl/N-ethyl adjacent to an activating group) is 1. The summed E-state index contributed by atoms with van der Waals surface area (Å²) in [6.07, 6.45) is 3.53. The molecule has 2 aliphatic rings. The first-order chi connectivity index (χ1) is 15.6. The molecular formula is C24H28ClN3O4S. The van der Waals surface area contributed by atoms with Crippen LogP contribution in [0.4, 0.5) is 11.4 Å². The van der Waals surface area contributed by atoms with Crippen LogP contribution in [0.1, 0.15) is 37.3 Å². The lowest BCUT2D eigenvalue weighted by Gasteiger charge is -2.32. The lowest BCUT2D eigenvalue weighted by Crippen LogP contribution is -2.42. The highest BCUT2D eigenvalue weighted by Crippen LogP contribution is 2.38. The average Bonchev–Trinajstić information content (AvgIpc) is 3.04. The van der Waals surface area contributed by atoms with Crippen molar-refractivity contribution in [3.8, 4) is 0 Å². The van der Waals surface area contributed by atoms with E-state index in [9.17, 15) is 18.0 Å². The Morgan fingerprint density at radius 2 is 1.94 bits per heavy atom. The second-order valence-corrected chi connectivity index (χ2v) is 11.4. The van der Waals surface area contributed by atoms with Crippen LogP contribution in [0, 0.1) is 12.8 Å². The standard InChI is InChI=1S/C24H28ClN3O4S/c1-15-12-18-13-19(10-11-22(18)28(15)24(30)17-6-4-7-17)33(31,32)27(3)14-23(29)26-21-9-5-8-20(25)16(21)2/h5,8-11,13,15,17H,4,6-7,12,14H2,1-3H3,(H,26,29)/t15-/m0/s1. The Balaban J connectivity index is 1.49. The molecule has 0 unspecified atom stereocenters. The zero-order valence-corrected chi connectivity index (χ0v) is 20.5. The summed E-state index contributed by atoms with van der Waals surface area (Å²) in [5.41, 5.74) is 2.88. The molecule has 0 radical (unpaired) electrons. The van der Waals surface area contributed by atoms with Crippen molar-refractivity contribution in [3.63, 3.8) is 0 Å². The van der Waals surface area contributed by atoms with E-state index in [1.54, 1.807) is 37.3 Å². The van der Waals surface area contributed by atoms with Crippen LogP contribution in [-0.2, 0) is 26.0 Å². The molecule has 1 saturated carbocycles. The molecule has 0 saturated heterocycles. The SMILES string of the molecule is Cc1c(Cl)cccc1NC(=O)CN(C)S(=O)(=O)c1ccc2c(c1)C[C@H](C)N2C(=O)C1CCC1. The van der Waals surface area contributed by atoms with Crippen molar-refractivity contribution in [3.05, 3.63) is 52.5 Å². The van der Waals surface area contributed by atoms with E-state index in [4.69, 9.17) is 11.6 Å². The zero-order valence-electron chi connectivity index (χ0n) is 19.0. The Bertz CT molecular complexity index is 1210. The first kappa shape index (κ1) is 23.7. The third kappa shape index (κ3) is 4.52. The molecule has 4 rings (SSSR count). The Kier molecular flexibility index (Phi) is 6.53. The Labute approximate surface area is 199 Å². The van der Waals surface area contributed by atoms with Crippen LogP contribution in [0.25, 0.3) is 0 Å². The summed E-state index contributed by atoms with van der Waals surface area (Å²) in [5, 5.41) is 3.24. The summed E-state index contributed by atoms with van der Waals surface area (Å²) in [6, 6.07) is 10.0. The van der Waals surface area contributed by atoms with Gasteiger partial charge in [0, 0.05) is 35.4 Å². The van der Waals surface area contributed by atoms with Crippen LogP contribution in [-0.4, -0.2) is 44.2 Å². The molecule has 1 fully saturated rings. The number of fused-ring (bicyclic) bond motifs is 1. The summed E-state index contributed by atoms with van der Waals surface area (Å²) < 4.78 is 27.3. The fraction of sp³-hybridized carbons (Fsp3) is 0.417. The van der Waals surface area contributed by atoms with Crippen LogP contribution < -0.4 is 10.2 Å². The summed E-state index contributed by atoms with van der Waals surface area (Å²) in [5.74, 6) is -0.249. The molecule has 2 amide bonds. The number of sulfonamides is 1. The number of hydrogen-bond donors (Lipinski definition) is 1. The number of nitrogens with one attached hydrogen (secondary N) is 1. The normalized spacial score (nSPS) is 18.2. The minimum Gasteiger partial charge on any atom is -0.325 e. The Morgan fingerprint density at radius 3 is 2.61 bits per heavy atom. The fourth-order valence-electron chi connectivity index (χ4n) is 4.36. The van der Waals surface area contributed by atoms with Gasteiger partial charge in [-0.25, -0.2) is 8.42 Å². The van der Waals surface area contributed by atoms with E-state index in [0.717, 1.165) is 34.8 Å². The van der Waals surface area contributed by atoms with E-state index in [0.29, 0.717) is 22.7 Å². The van der Waals surface area contributed by atoms with Crippen LogP contribution in [0.5, 0.6) is 0 Å². The van der Waals surface area contributed by atoms with E-state index in [2.05, 4.69) is 5.32 Å². The van der Waals surface area contributed by atoms with E-state index < -0.39 is 15.9 Å². The molecule has 0 aromatic heterocycles. The van der Waals surface area contributed by atoms with Gasteiger partial charge in [0.15, 0.2) is 0 Å². The second kappa shape index (κ2) is 9.08. The monoisotopic (exact) mass is 489 g/mol. The highest BCUT2D eigenvalue weighted by molar-refractivity contribution is 7.89. The number of halogens is 1. The number of nitrogens with zero attached hydrogens (tertiary/aromatic N) is 2. The van der Waals surface area contributed by atoms with Gasteiger partial charge < -0.3 is 10.2 Å².